The summed E-state index contributed by atoms with van der Waals surface area (Å²) in [5, 5.41) is 3.28. The molecular weight excluding hydrogens is 471 g/mol. The summed E-state index contributed by atoms with van der Waals surface area (Å²) in [4.78, 5) is 12.8. The molecule has 3 aromatic carbocycles. The third kappa shape index (κ3) is 4.47. The minimum atomic E-state index is -3.78. The summed E-state index contributed by atoms with van der Waals surface area (Å²) < 4.78 is 33.4. The van der Waals surface area contributed by atoms with E-state index in [2.05, 4.69) is 5.32 Å². The summed E-state index contributed by atoms with van der Waals surface area (Å²) in [6.07, 6.45) is 0.643. The molecule has 1 amide bonds. The fraction of sp³-hybridized carbons (Fsp3) is 0.174. The first-order valence-corrected chi connectivity index (χ1v) is 12.0. The third-order valence-electron chi connectivity index (χ3n) is 5.33. The first kappa shape index (κ1) is 22.6. The molecule has 0 bridgehead atoms. The maximum absolute atomic E-state index is 13.3. The van der Waals surface area contributed by atoms with Crippen molar-refractivity contribution in [3.63, 3.8) is 0 Å². The molecule has 3 aromatic rings. The molecule has 166 valence electrons. The van der Waals surface area contributed by atoms with E-state index in [0.717, 1.165) is 11.1 Å². The average molecular weight is 491 g/mol. The first-order valence-electron chi connectivity index (χ1n) is 9.81. The van der Waals surface area contributed by atoms with Gasteiger partial charge in [-0.05, 0) is 53.9 Å². The van der Waals surface area contributed by atoms with Gasteiger partial charge in [-0.3, -0.25) is 4.79 Å². The van der Waals surface area contributed by atoms with Gasteiger partial charge in [-0.15, -0.1) is 0 Å². The van der Waals surface area contributed by atoms with Crippen molar-refractivity contribution in [3.8, 4) is 5.75 Å². The van der Waals surface area contributed by atoms with E-state index >= 15 is 0 Å². The van der Waals surface area contributed by atoms with Crippen molar-refractivity contribution >= 4 is 44.8 Å². The normalized spacial score (nSPS) is 14.0. The molecule has 0 fully saturated rings. The van der Waals surface area contributed by atoms with Gasteiger partial charge in [0, 0.05) is 18.1 Å². The standard InChI is InChI=1S/C23H20Cl2N2O4S/c1-31-22-9-7-18(13-21(22)26-23(28)19-8-6-17(24)12-20(19)25)32(29,30)27-11-10-15-4-2-3-5-16(15)14-27/h2-9,12-13H,10-11,14H2,1H3,(H,26,28). The van der Waals surface area contributed by atoms with Gasteiger partial charge in [0.2, 0.25) is 10.0 Å². The first-order chi connectivity index (χ1) is 15.3. The smallest absolute Gasteiger partial charge is 0.257 e. The quantitative estimate of drug-likeness (QED) is 0.545. The predicted octanol–water partition coefficient (Wildman–Crippen LogP) is 5.00. The average Bonchev–Trinajstić information content (AvgIpc) is 2.78. The van der Waals surface area contributed by atoms with Gasteiger partial charge >= 0.3 is 0 Å². The second kappa shape index (κ2) is 9.11. The molecule has 0 saturated carbocycles. The number of fused-ring (bicyclic) bond motifs is 1. The van der Waals surface area contributed by atoms with Crippen LogP contribution in [0.2, 0.25) is 10.0 Å². The second-order valence-electron chi connectivity index (χ2n) is 7.30. The number of benzene rings is 3. The van der Waals surface area contributed by atoms with E-state index in [1.807, 2.05) is 24.3 Å². The van der Waals surface area contributed by atoms with Crippen LogP contribution in [0, 0.1) is 0 Å². The molecule has 4 rings (SSSR count). The monoisotopic (exact) mass is 490 g/mol. The van der Waals surface area contributed by atoms with Crippen molar-refractivity contribution in [2.75, 3.05) is 19.0 Å². The Morgan fingerprint density at radius 1 is 1.03 bits per heavy atom. The summed E-state index contributed by atoms with van der Waals surface area (Å²) in [7, 11) is -2.34. The largest absolute Gasteiger partial charge is 0.495 e. The van der Waals surface area contributed by atoms with Crippen molar-refractivity contribution < 1.29 is 17.9 Å². The number of halogens is 2. The van der Waals surface area contributed by atoms with Crippen LogP contribution >= 0.6 is 23.2 Å². The lowest BCUT2D eigenvalue weighted by molar-refractivity contribution is 0.102. The number of carbonyl (C=O) groups is 1. The van der Waals surface area contributed by atoms with Crippen LogP contribution in [0.1, 0.15) is 21.5 Å². The Balaban J connectivity index is 1.63. The summed E-state index contributed by atoms with van der Waals surface area (Å²) in [5.41, 5.74) is 2.57. The summed E-state index contributed by atoms with van der Waals surface area (Å²) in [5.74, 6) is -0.183. The van der Waals surface area contributed by atoms with Crippen molar-refractivity contribution in [2.24, 2.45) is 0 Å². The molecule has 6 nitrogen and oxygen atoms in total. The van der Waals surface area contributed by atoms with Gasteiger partial charge in [0.1, 0.15) is 5.75 Å². The van der Waals surface area contributed by atoms with Crippen molar-refractivity contribution in [3.05, 3.63) is 87.4 Å². The topological polar surface area (TPSA) is 75.7 Å². The van der Waals surface area contributed by atoms with Gasteiger partial charge in [0.25, 0.3) is 5.91 Å². The fourth-order valence-corrected chi connectivity index (χ4v) is 5.57. The van der Waals surface area contributed by atoms with Crippen LogP contribution in [-0.2, 0) is 23.0 Å². The van der Waals surface area contributed by atoms with Crippen LogP contribution in [-0.4, -0.2) is 32.3 Å². The van der Waals surface area contributed by atoms with E-state index in [1.165, 1.54) is 41.7 Å². The minimum Gasteiger partial charge on any atom is -0.495 e. The summed E-state index contributed by atoms with van der Waals surface area (Å²) in [6, 6.07) is 16.7. The lowest BCUT2D eigenvalue weighted by atomic mass is 10.0. The predicted molar refractivity (Wildman–Crippen MR) is 125 cm³/mol. The maximum Gasteiger partial charge on any atom is 0.257 e. The van der Waals surface area contributed by atoms with E-state index < -0.39 is 15.9 Å². The Morgan fingerprint density at radius 3 is 2.50 bits per heavy atom. The van der Waals surface area contributed by atoms with Gasteiger partial charge in [0.05, 0.1) is 28.3 Å². The van der Waals surface area contributed by atoms with E-state index in [9.17, 15) is 13.2 Å². The van der Waals surface area contributed by atoms with E-state index in [0.29, 0.717) is 30.3 Å². The Hall–Kier alpha value is -2.58. The number of hydrogen-bond donors (Lipinski definition) is 1. The molecule has 0 aliphatic carbocycles. The van der Waals surface area contributed by atoms with E-state index in [-0.39, 0.29) is 21.2 Å². The number of methoxy groups -OCH3 is 1. The van der Waals surface area contributed by atoms with Gasteiger partial charge < -0.3 is 10.1 Å². The van der Waals surface area contributed by atoms with Crippen LogP contribution in [0.3, 0.4) is 0 Å². The van der Waals surface area contributed by atoms with Gasteiger partial charge in [-0.25, -0.2) is 8.42 Å². The van der Waals surface area contributed by atoms with Crippen LogP contribution < -0.4 is 10.1 Å². The minimum absolute atomic E-state index is 0.0650. The highest BCUT2D eigenvalue weighted by molar-refractivity contribution is 7.89. The van der Waals surface area contributed by atoms with Gasteiger partial charge in [-0.1, -0.05) is 47.5 Å². The number of sulfonamides is 1. The lowest BCUT2D eigenvalue weighted by Gasteiger charge is -2.28. The zero-order chi connectivity index (χ0) is 22.9. The van der Waals surface area contributed by atoms with Gasteiger partial charge in [-0.2, -0.15) is 4.31 Å². The molecule has 1 N–H and O–H groups in total. The Kier molecular flexibility index (Phi) is 6.44. The number of amides is 1. The summed E-state index contributed by atoms with van der Waals surface area (Å²) >= 11 is 12.0. The SMILES string of the molecule is COc1ccc(S(=O)(=O)N2CCc3ccccc3C2)cc1NC(=O)c1ccc(Cl)cc1Cl. The maximum atomic E-state index is 13.3. The highest BCUT2D eigenvalue weighted by Gasteiger charge is 2.29. The van der Waals surface area contributed by atoms with Crippen molar-refractivity contribution in [2.45, 2.75) is 17.9 Å². The van der Waals surface area contributed by atoms with E-state index in [4.69, 9.17) is 27.9 Å². The number of carbonyl (C=O) groups excluding carboxylic acids is 1. The van der Waals surface area contributed by atoms with Crippen molar-refractivity contribution in [1.82, 2.24) is 4.31 Å². The Bertz CT molecular complexity index is 1290. The van der Waals surface area contributed by atoms with Crippen LogP contribution in [0.4, 0.5) is 5.69 Å². The molecule has 0 unspecified atom stereocenters. The van der Waals surface area contributed by atoms with Crippen LogP contribution in [0.25, 0.3) is 0 Å². The molecule has 0 aromatic heterocycles. The highest BCUT2D eigenvalue weighted by Crippen LogP contribution is 2.32. The number of anilines is 1. The molecule has 0 atom stereocenters. The Labute approximate surface area is 196 Å². The molecule has 9 heteroatoms. The number of ether oxygens (including phenoxy) is 1. The fourth-order valence-electron chi connectivity index (χ4n) is 3.63. The van der Waals surface area contributed by atoms with Gasteiger partial charge in [0.15, 0.2) is 0 Å². The number of nitrogens with one attached hydrogen (secondary N) is 1. The molecule has 32 heavy (non-hydrogen) atoms. The number of hydrogen-bond acceptors (Lipinski definition) is 4. The number of rotatable bonds is 5. The molecular formula is C23H20Cl2N2O4S. The van der Waals surface area contributed by atoms with Crippen LogP contribution in [0.5, 0.6) is 5.75 Å². The highest BCUT2D eigenvalue weighted by atomic mass is 35.5. The zero-order valence-electron chi connectivity index (χ0n) is 17.1. The molecule has 1 heterocycles. The molecule has 1 aliphatic rings. The molecule has 0 spiro atoms. The Morgan fingerprint density at radius 2 is 1.78 bits per heavy atom. The third-order valence-corrected chi connectivity index (χ3v) is 7.72. The van der Waals surface area contributed by atoms with Crippen LogP contribution in [0.15, 0.2) is 65.6 Å². The second-order valence-corrected chi connectivity index (χ2v) is 10.1. The number of nitrogens with zero attached hydrogens (tertiary/aromatic N) is 1. The van der Waals surface area contributed by atoms with E-state index in [1.54, 1.807) is 6.07 Å². The lowest BCUT2D eigenvalue weighted by Crippen LogP contribution is -2.36. The zero-order valence-corrected chi connectivity index (χ0v) is 19.5. The summed E-state index contributed by atoms with van der Waals surface area (Å²) in [6.45, 7) is 0.681. The molecule has 1 aliphatic heterocycles. The molecule has 0 saturated heterocycles. The molecule has 0 radical (unpaired) electrons. The van der Waals surface area contributed by atoms with Crippen molar-refractivity contribution in [1.29, 1.82) is 0 Å².